The lowest BCUT2D eigenvalue weighted by molar-refractivity contribution is -0.192. The number of rotatable bonds is 4. The Labute approximate surface area is 191 Å². The molecule has 1 unspecified atom stereocenters. The number of carbonyl (C=O) groups excluding carboxylic acids is 1. The molecule has 1 atom stereocenters. The number of likely N-dealkylation sites (tertiary alicyclic amines) is 2. The summed E-state index contributed by atoms with van der Waals surface area (Å²) >= 11 is 0. The number of hydrogen-bond donors (Lipinski definition) is 1. The lowest BCUT2D eigenvalue weighted by Gasteiger charge is -2.39. The fourth-order valence-corrected chi connectivity index (χ4v) is 4.70. The van der Waals surface area contributed by atoms with Crippen LogP contribution in [0.2, 0.25) is 0 Å². The van der Waals surface area contributed by atoms with E-state index in [1.54, 1.807) is 7.11 Å². The number of alkyl halides is 3. The molecule has 1 amide bonds. The molecular weight excluding hydrogens is 441 g/mol. The topological polar surface area (TPSA) is 79.3 Å². The van der Waals surface area contributed by atoms with Crippen molar-refractivity contribution in [2.45, 2.75) is 56.3 Å². The number of carboxylic acids is 1. The fourth-order valence-electron chi connectivity index (χ4n) is 4.70. The van der Waals surface area contributed by atoms with Crippen molar-refractivity contribution in [2.75, 3.05) is 39.9 Å². The monoisotopic (exact) mass is 472 g/mol. The van der Waals surface area contributed by atoms with Crippen LogP contribution in [-0.2, 0) is 20.7 Å². The van der Waals surface area contributed by atoms with E-state index in [0.29, 0.717) is 12.5 Å². The number of benzene rings is 1. The van der Waals surface area contributed by atoms with Crippen LogP contribution in [0.25, 0.3) is 0 Å². The lowest BCUT2D eigenvalue weighted by atomic mass is 9.87. The molecule has 33 heavy (non-hydrogen) atoms. The Balaban J connectivity index is 0.000000383. The zero-order chi connectivity index (χ0) is 24.1. The van der Waals surface area contributed by atoms with Gasteiger partial charge in [-0.15, -0.1) is 0 Å². The van der Waals surface area contributed by atoms with Gasteiger partial charge in [0, 0.05) is 19.1 Å². The molecular formula is C23H31F3N2O5. The highest BCUT2D eigenvalue weighted by Gasteiger charge is 2.45. The van der Waals surface area contributed by atoms with Gasteiger partial charge in [0.2, 0.25) is 5.91 Å². The van der Waals surface area contributed by atoms with E-state index in [9.17, 15) is 18.0 Å². The maximum atomic E-state index is 12.6. The van der Waals surface area contributed by atoms with E-state index >= 15 is 0 Å². The maximum Gasteiger partial charge on any atom is 0.490 e. The summed E-state index contributed by atoms with van der Waals surface area (Å²) in [5.41, 5.74) is 1.06. The third kappa shape index (κ3) is 6.83. The van der Waals surface area contributed by atoms with E-state index in [-0.39, 0.29) is 11.5 Å². The molecule has 1 N–H and O–H groups in total. The van der Waals surface area contributed by atoms with Crippen LogP contribution in [0.1, 0.15) is 37.7 Å². The third-order valence-corrected chi connectivity index (χ3v) is 6.63. The lowest BCUT2D eigenvalue weighted by Crippen LogP contribution is -2.47. The molecule has 7 nitrogen and oxygen atoms in total. The first kappa shape index (κ1) is 25.3. The van der Waals surface area contributed by atoms with Crippen LogP contribution in [0, 0.1) is 0 Å². The number of piperidine rings is 1. The SMILES string of the molecule is COc1ccc(CC(=O)N2CCC3(CC2)CC(N2CCCC2)CO3)cc1.O=C(O)C(F)(F)F. The van der Waals surface area contributed by atoms with Crippen LogP contribution < -0.4 is 4.74 Å². The van der Waals surface area contributed by atoms with Gasteiger partial charge < -0.3 is 19.5 Å². The zero-order valence-electron chi connectivity index (χ0n) is 18.8. The summed E-state index contributed by atoms with van der Waals surface area (Å²) < 4.78 is 43.2. The van der Waals surface area contributed by atoms with Crippen molar-refractivity contribution in [1.82, 2.24) is 9.80 Å². The standard InChI is InChI=1S/C21H30N2O3.C2HF3O2/c1-25-19-6-4-17(5-7-19)14-20(24)23-12-8-21(9-13-23)15-18(16-26-21)22-10-2-3-11-22;3-2(4,5)1(6)7/h4-7,18H,2-3,8-16H2,1H3;(H,6,7). The number of carbonyl (C=O) groups is 2. The second kappa shape index (κ2) is 10.7. The van der Waals surface area contributed by atoms with Crippen molar-refractivity contribution in [3.05, 3.63) is 29.8 Å². The molecule has 10 heteroatoms. The number of nitrogens with zero attached hydrogens (tertiary/aromatic N) is 2. The number of aliphatic carboxylic acids is 1. The minimum absolute atomic E-state index is 0.0180. The van der Waals surface area contributed by atoms with Crippen molar-refractivity contribution in [2.24, 2.45) is 0 Å². The number of carboxylic acid groups (broad SMARTS) is 1. The molecule has 0 saturated carbocycles. The van der Waals surface area contributed by atoms with Gasteiger partial charge in [-0.05, 0) is 62.9 Å². The number of hydrogen-bond acceptors (Lipinski definition) is 5. The summed E-state index contributed by atoms with van der Waals surface area (Å²) in [6.07, 6.45) is 1.15. The average molecular weight is 473 g/mol. The zero-order valence-corrected chi connectivity index (χ0v) is 18.8. The smallest absolute Gasteiger partial charge is 0.490 e. The molecule has 0 bridgehead atoms. The molecule has 4 rings (SSSR count). The van der Waals surface area contributed by atoms with Gasteiger partial charge in [0.05, 0.1) is 25.7 Å². The number of ether oxygens (including phenoxy) is 2. The molecule has 0 radical (unpaired) electrons. The van der Waals surface area contributed by atoms with E-state index in [1.807, 2.05) is 29.2 Å². The van der Waals surface area contributed by atoms with Crippen LogP contribution in [-0.4, -0.2) is 84.5 Å². The fraction of sp³-hybridized carbons (Fsp3) is 0.652. The van der Waals surface area contributed by atoms with Gasteiger partial charge in [-0.2, -0.15) is 13.2 Å². The number of amides is 1. The quantitative estimate of drug-likeness (QED) is 0.726. The Hall–Kier alpha value is -2.33. The second-order valence-electron chi connectivity index (χ2n) is 8.80. The van der Waals surface area contributed by atoms with E-state index in [1.165, 1.54) is 25.9 Å². The molecule has 3 aliphatic rings. The highest BCUT2D eigenvalue weighted by molar-refractivity contribution is 5.79. The Morgan fingerprint density at radius 1 is 1.12 bits per heavy atom. The van der Waals surface area contributed by atoms with E-state index in [4.69, 9.17) is 19.4 Å². The molecule has 3 heterocycles. The van der Waals surface area contributed by atoms with Crippen LogP contribution in [0.3, 0.4) is 0 Å². The van der Waals surface area contributed by atoms with Crippen LogP contribution in [0.15, 0.2) is 24.3 Å². The van der Waals surface area contributed by atoms with Crippen molar-refractivity contribution in [3.8, 4) is 5.75 Å². The van der Waals surface area contributed by atoms with Crippen LogP contribution in [0.5, 0.6) is 5.75 Å². The molecule has 0 aromatic heterocycles. The first-order chi connectivity index (χ1) is 15.6. The summed E-state index contributed by atoms with van der Waals surface area (Å²) in [6, 6.07) is 8.38. The average Bonchev–Trinajstić information content (AvgIpc) is 3.45. The highest BCUT2D eigenvalue weighted by atomic mass is 19.4. The Morgan fingerprint density at radius 3 is 2.21 bits per heavy atom. The van der Waals surface area contributed by atoms with Crippen molar-refractivity contribution >= 4 is 11.9 Å². The Morgan fingerprint density at radius 2 is 1.70 bits per heavy atom. The Bertz CT molecular complexity index is 801. The van der Waals surface area contributed by atoms with Crippen LogP contribution >= 0.6 is 0 Å². The molecule has 1 aromatic rings. The molecule has 1 spiro atoms. The van der Waals surface area contributed by atoms with E-state index in [0.717, 1.165) is 50.3 Å². The number of methoxy groups -OCH3 is 1. The van der Waals surface area contributed by atoms with Gasteiger partial charge in [0.1, 0.15) is 5.75 Å². The second-order valence-corrected chi connectivity index (χ2v) is 8.80. The van der Waals surface area contributed by atoms with E-state index < -0.39 is 12.1 Å². The molecule has 3 aliphatic heterocycles. The summed E-state index contributed by atoms with van der Waals surface area (Å²) in [6.45, 7) is 4.98. The van der Waals surface area contributed by atoms with Crippen LogP contribution in [0.4, 0.5) is 13.2 Å². The maximum absolute atomic E-state index is 12.6. The third-order valence-electron chi connectivity index (χ3n) is 6.63. The minimum Gasteiger partial charge on any atom is -0.497 e. The first-order valence-corrected chi connectivity index (χ1v) is 11.2. The van der Waals surface area contributed by atoms with Crippen molar-refractivity contribution in [3.63, 3.8) is 0 Å². The number of halogens is 3. The normalized spacial score (nSPS) is 22.7. The van der Waals surface area contributed by atoms with Gasteiger partial charge in [0.15, 0.2) is 0 Å². The molecule has 0 aliphatic carbocycles. The summed E-state index contributed by atoms with van der Waals surface area (Å²) in [5.74, 6) is -1.71. The minimum atomic E-state index is -5.08. The largest absolute Gasteiger partial charge is 0.497 e. The molecule has 1 aromatic carbocycles. The Kier molecular flexibility index (Phi) is 8.23. The molecule has 3 fully saturated rings. The van der Waals surface area contributed by atoms with Gasteiger partial charge in [-0.1, -0.05) is 12.1 Å². The van der Waals surface area contributed by atoms with Gasteiger partial charge in [-0.3, -0.25) is 9.69 Å². The van der Waals surface area contributed by atoms with E-state index in [2.05, 4.69) is 4.90 Å². The molecule has 184 valence electrons. The highest BCUT2D eigenvalue weighted by Crippen LogP contribution is 2.38. The summed E-state index contributed by atoms with van der Waals surface area (Å²) in [5, 5.41) is 7.12. The predicted octanol–water partition coefficient (Wildman–Crippen LogP) is 3.12. The van der Waals surface area contributed by atoms with Crippen molar-refractivity contribution in [1.29, 1.82) is 0 Å². The first-order valence-electron chi connectivity index (χ1n) is 11.2. The van der Waals surface area contributed by atoms with Gasteiger partial charge in [0.25, 0.3) is 0 Å². The van der Waals surface area contributed by atoms with Gasteiger partial charge >= 0.3 is 12.1 Å². The molecule has 3 saturated heterocycles. The summed E-state index contributed by atoms with van der Waals surface area (Å²) in [4.78, 5) is 26.2. The summed E-state index contributed by atoms with van der Waals surface area (Å²) in [7, 11) is 1.66. The predicted molar refractivity (Wildman–Crippen MR) is 114 cm³/mol. The van der Waals surface area contributed by atoms with Crippen molar-refractivity contribution < 1.29 is 37.3 Å². The van der Waals surface area contributed by atoms with Gasteiger partial charge in [-0.25, -0.2) is 4.79 Å².